The number of carbonyl (C=O) groups excluding carboxylic acids is 2. The highest BCUT2D eigenvalue weighted by Gasteiger charge is 2.40. The Morgan fingerprint density at radius 1 is 1.25 bits per heavy atom. The van der Waals surface area contributed by atoms with Crippen LogP contribution in [0.15, 0.2) is 47.4 Å². The first-order chi connectivity index (χ1) is 15.3. The van der Waals surface area contributed by atoms with Crippen LogP contribution in [0.1, 0.15) is 25.3 Å². The van der Waals surface area contributed by atoms with E-state index in [2.05, 4.69) is 10.6 Å². The summed E-state index contributed by atoms with van der Waals surface area (Å²) >= 11 is 0. The Labute approximate surface area is 186 Å². The predicted octanol–water partition coefficient (Wildman–Crippen LogP) is 1.88. The van der Waals surface area contributed by atoms with E-state index < -0.39 is 22.2 Å². The largest absolute Gasteiger partial charge is 0.497 e. The first kappa shape index (κ1) is 22.1. The van der Waals surface area contributed by atoms with Crippen LogP contribution in [0.25, 0.3) is 0 Å². The summed E-state index contributed by atoms with van der Waals surface area (Å²) in [4.78, 5) is 24.7. The fraction of sp³-hybridized carbons (Fsp3) is 0.364. The van der Waals surface area contributed by atoms with Crippen molar-refractivity contribution in [3.05, 3.63) is 48.0 Å². The molecule has 10 heteroatoms. The molecule has 170 valence electrons. The monoisotopic (exact) mass is 459 g/mol. The average Bonchev–Trinajstić information content (AvgIpc) is 3.29. The molecule has 32 heavy (non-hydrogen) atoms. The lowest BCUT2D eigenvalue weighted by Gasteiger charge is -2.26. The second kappa shape index (κ2) is 8.79. The Hall–Kier alpha value is -3.11. The van der Waals surface area contributed by atoms with Crippen LogP contribution in [-0.4, -0.2) is 50.3 Å². The molecular weight excluding hydrogens is 434 g/mol. The number of hydrogen-bond donors (Lipinski definition) is 2. The molecule has 2 atom stereocenters. The number of amides is 2. The number of benzene rings is 2. The van der Waals surface area contributed by atoms with Crippen LogP contribution in [0.4, 0.5) is 5.69 Å². The minimum Gasteiger partial charge on any atom is -0.497 e. The maximum absolute atomic E-state index is 13.3. The predicted molar refractivity (Wildman–Crippen MR) is 117 cm³/mol. The summed E-state index contributed by atoms with van der Waals surface area (Å²) in [7, 11) is -2.36. The number of nitrogens with one attached hydrogen (secondary N) is 2. The third-order valence-electron chi connectivity index (χ3n) is 5.62. The van der Waals surface area contributed by atoms with Crippen LogP contribution >= 0.6 is 0 Å². The van der Waals surface area contributed by atoms with Crippen molar-refractivity contribution >= 4 is 27.5 Å². The zero-order valence-electron chi connectivity index (χ0n) is 17.8. The van der Waals surface area contributed by atoms with Crippen molar-refractivity contribution in [2.45, 2.75) is 43.4 Å². The number of sulfonamides is 1. The van der Waals surface area contributed by atoms with Crippen LogP contribution in [0.5, 0.6) is 11.5 Å². The number of rotatable bonds is 6. The summed E-state index contributed by atoms with van der Waals surface area (Å²) in [6, 6.07) is 10.8. The van der Waals surface area contributed by atoms with Crippen molar-refractivity contribution in [2.24, 2.45) is 0 Å². The highest BCUT2D eigenvalue weighted by Crippen LogP contribution is 2.34. The van der Waals surface area contributed by atoms with Crippen molar-refractivity contribution in [1.29, 1.82) is 0 Å². The number of ether oxygens (including phenoxy) is 2. The Morgan fingerprint density at radius 3 is 2.72 bits per heavy atom. The second-order valence-electron chi connectivity index (χ2n) is 7.75. The summed E-state index contributed by atoms with van der Waals surface area (Å²) < 4.78 is 38.5. The summed E-state index contributed by atoms with van der Waals surface area (Å²) in [5.41, 5.74) is 1.18. The molecule has 2 aliphatic rings. The van der Waals surface area contributed by atoms with E-state index in [-0.39, 0.29) is 29.8 Å². The van der Waals surface area contributed by atoms with E-state index in [1.54, 1.807) is 26.2 Å². The molecule has 0 unspecified atom stereocenters. The highest BCUT2D eigenvalue weighted by molar-refractivity contribution is 7.89. The maximum atomic E-state index is 13.3. The molecule has 4 rings (SSSR count). The van der Waals surface area contributed by atoms with E-state index in [1.165, 1.54) is 22.5 Å². The van der Waals surface area contributed by atoms with E-state index in [9.17, 15) is 18.0 Å². The second-order valence-corrected chi connectivity index (χ2v) is 9.64. The molecule has 0 aliphatic carbocycles. The lowest BCUT2D eigenvalue weighted by Crippen LogP contribution is -2.45. The molecule has 1 saturated heterocycles. The molecule has 0 radical (unpaired) electrons. The van der Waals surface area contributed by atoms with Crippen LogP contribution in [0, 0.1) is 0 Å². The molecule has 2 heterocycles. The number of nitrogens with zero attached hydrogens (tertiary/aromatic N) is 1. The highest BCUT2D eigenvalue weighted by atomic mass is 32.2. The lowest BCUT2D eigenvalue weighted by atomic mass is 10.2. The zero-order valence-corrected chi connectivity index (χ0v) is 18.6. The van der Waals surface area contributed by atoms with E-state index in [0.717, 1.165) is 5.56 Å². The first-order valence-electron chi connectivity index (χ1n) is 10.3. The van der Waals surface area contributed by atoms with Crippen LogP contribution < -0.4 is 20.1 Å². The van der Waals surface area contributed by atoms with Gasteiger partial charge in [-0.3, -0.25) is 9.59 Å². The van der Waals surface area contributed by atoms with Crippen LogP contribution in [-0.2, 0) is 26.2 Å². The molecule has 0 spiro atoms. The smallest absolute Gasteiger partial charge is 0.265 e. The third-order valence-corrected chi connectivity index (χ3v) is 7.52. The number of methoxy groups -OCH3 is 1. The van der Waals surface area contributed by atoms with Gasteiger partial charge in [-0.25, -0.2) is 8.42 Å². The summed E-state index contributed by atoms with van der Waals surface area (Å²) in [6.07, 6.45) is 0.375. The molecule has 2 aliphatic heterocycles. The van der Waals surface area contributed by atoms with Crippen molar-refractivity contribution < 1.29 is 27.5 Å². The molecule has 2 N–H and O–H groups in total. The van der Waals surface area contributed by atoms with Crippen molar-refractivity contribution in [3.63, 3.8) is 0 Å². The average molecular weight is 460 g/mol. The Bertz CT molecular complexity index is 1130. The summed E-state index contributed by atoms with van der Waals surface area (Å²) in [5, 5.41) is 5.49. The normalized spacial score (nSPS) is 20.8. The Morgan fingerprint density at radius 2 is 2.00 bits per heavy atom. The quantitative estimate of drug-likeness (QED) is 0.682. The van der Waals surface area contributed by atoms with Crippen molar-refractivity contribution in [3.8, 4) is 11.5 Å². The van der Waals surface area contributed by atoms with Gasteiger partial charge in [0.2, 0.25) is 15.9 Å². The number of hydrogen-bond acceptors (Lipinski definition) is 6. The van der Waals surface area contributed by atoms with Gasteiger partial charge in [0.15, 0.2) is 6.10 Å². The molecule has 9 nitrogen and oxygen atoms in total. The minimum atomic E-state index is -3.94. The summed E-state index contributed by atoms with van der Waals surface area (Å²) in [5.74, 6) is 0.440. The molecular formula is C22H25N3O6S. The van der Waals surface area contributed by atoms with Gasteiger partial charge in [-0.1, -0.05) is 12.1 Å². The number of fused-ring (bicyclic) bond motifs is 1. The van der Waals surface area contributed by atoms with Gasteiger partial charge in [0.1, 0.15) is 17.5 Å². The van der Waals surface area contributed by atoms with Crippen LogP contribution in [0.2, 0.25) is 0 Å². The van der Waals surface area contributed by atoms with Crippen molar-refractivity contribution in [2.75, 3.05) is 19.0 Å². The van der Waals surface area contributed by atoms with E-state index in [1.807, 2.05) is 12.1 Å². The van der Waals surface area contributed by atoms with E-state index in [0.29, 0.717) is 30.0 Å². The van der Waals surface area contributed by atoms with Gasteiger partial charge < -0.3 is 20.1 Å². The molecule has 2 amide bonds. The van der Waals surface area contributed by atoms with Gasteiger partial charge >= 0.3 is 0 Å². The van der Waals surface area contributed by atoms with Gasteiger partial charge in [-0.2, -0.15) is 4.31 Å². The van der Waals surface area contributed by atoms with Gasteiger partial charge in [0.25, 0.3) is 5.91 Å². The molecule has 0 bridgehead atoms. The Kier molecular flexibility index (Phi) is 6.07. The van der Waals surface area contributed by atoms with Crippen molar-refractivity contribution in [1.82, 2.24) is 9.62 Å². The van der Waals surface area contributed by atoms with Gasteiger partial charge in [0, 0.05) is 13.1 Å². The summed E-state index contributed by atoms with van der Waals surface area (Å²) in [6.45, 7) is 2.15. The number of carbonyl (C=O) groups is 2. The van der Waals surface area contributed by atoms with Crippen LogP contribution in [0.3, 0.4) is 0 Å². The molecule has 0 aromatic heterocycles. The van der Waals surface area contributed by atoms with E-state index >= 15 is 0 Å². The van der Waals surface area contributed by atoms with Gasteiger partial charge in [-0.15, -0.1) is 0 Å². The molecule has 2 aromatic carbocycles. The SMILES string of the molecule is COc1ccc(CNC(=O)[C@H]2CCCN2S(=O)(=O)c2ccc3c(c2)NC(=O)[C@H](C)O3)cc1. The number of anilines is 1. The maximum Gasteiger partial charge on any atom is 0.265 e. The fourth-order valence-corrected chi connectivity index (χ4v) is 5.51. The van der Waals surface area contributed by atoms with E-state index in [4.69, 9.17) is 9.47 Å². The molecule has 0 saturated carbocycles. The Balaban J connectivity index is 1.48. The minimum absolute atomic E-state index is 0.00422. The molecule has 2 aromatic rings. The lowest BCUT2D eigenvalue weighted by molar-refractivity contribution is -0.124. The first-order valence-corrected chi connectivity index (χ1v) is 11.8. The fourth-order valence-electron chi connectivity index (χ4n) is 3.82. The zero-order chi connectivity index (χ0) is 22.9. The molecule has 1 fully saturated rings. The topological polar surface area (TPSA) is 114 Å². The third kappa shape index (κ3) is 4.28. The standard InChI is InChI=1S/C22H25N3O6S/c1-14-21(26)24-18-12-17(9-10-20(18)31-14)32(28,29)25-11-3-4-19(25)22(27)23-13-15-5-7-16(30-2)8-6-15/h5-10,12,14,19H,3-4,11,13H2,1-2H3,(H,23,27)(H,24,26)/t14-,19+/m0/s1. The van der Waals surface area contributed by atoms with Gasteiger partial charge in [0.05, 0.1) is 17.7 Å². The van der Waals surface area contributed by atoms with Gasteiger partial charge in [-0.05, 0) is 55.7 Å².